The molecule has 0 fully saturated rings. The SMILES string of the molecule is C=C(C)C[n+]1ccc(-c2cc[n+](CC(=C)C)cc2)cc1.CCC(=CC1=C([O-])c2ccccc2S1(=O)=O)C=C1C(=O)c2ccccc2S1(=O)=O. The summed E-state index contributed by atoms with van der Waals surface area (Å²) in [6, 6.07) is 20.3. The maximum Gasteiger partial charge on any atom is 0.211 e. The zero-order valence-corrected chi connectivity index (χ0v) is 29.2. The molecule has 8 nitrogen and oxygen atoms in total. The maximum atomic E-state index is 12.7. The van der Waals surface area contributed by atoms with Gasteiger partial charge < -0.3 is 5.11 Å². The third-order valence-corrected chi connectivity index (χ3v) is 11.6. The number of ketones is 1. The molecule has 49 heavy (non-hydrogen) atoms. The van der Waals surface area contributed by atoms with Gasteiger partial charge in [-0.05, 0) is 84.0 Å². The summed E-state index contributed by atoms with van der Waals surface area (Å²) in [5, 5.41) is 12.6. The summed E-state index contributed by atoms with van der Waals surface area (Å²) in [5.74, 6) is -1.29. The molecular weight excluding hydrogens is 657 g/mol. The van der Waals surface area contributed by atoms with Gasteiger partial charge >= 0.3 is 0 Å². The van der Waals surface area contributed by atoms with Gasteiger partial charge in [0.25, 0.3) is 0 Å². The average Bonchev–Trinajstić information content (AvgIpc) is 3.38. The van der Waals surface area contributed by atoms with E-state index in [0.29, 0.717) is 0 Å². The van der Waals surface area contributed by atoms with Crippen LogP contribution in [0.4, 0.5) is 0 Å². The summed E-state index contributed by atoms with van der Waals surface area (Å²) in [6.45, 7) is 15.4. The van der Waals surface area contributed by atoms with Crippen LogP contribution in [0.2, 0.25) is 0 Å². The predicted octanol–water partition coefficient (Wildman–Crippen LogP) is 5.47. The number of sulfone groups is 2. The van der Waals surface area contributed by atoms with Crippen molar-refractivity contribution in [3.63, 3.8) is 0 Å². The molecule has 0 saturated heterocycles. The number of carbonyl (C=O) groups excluding carboxylic acids is 1. The second-order valence-corrected chi connectivity index (χ2v) is 15.8. The summed E-state index contributed by atoms with van der Waals surface area (Å²) in [5.41, 5.74) is 5.18. The molecule has 2 aromatic carbocycles. The molecule has 0 radical (unpaired) electrons. The molecule has 2 aliphatic heterocycles. The second-order valence-electron chi connectivity index (χ2n) is 12.0. The van der Waals surface area contributed by atoms with Crippen LogP contribution in [-0.4, -0.2) is 22.6 Å². The van der Waals surface area contributed by atoms with Crippen LogP contribution in [0.1, 0.15) is 43.1 Å². The van der Waals surface area contributed by atoms with Crippen LogP contribution < -0.4 is 14.2 Å². The Kier molecular flexibility index (Phi) is 10.1. The molecule has 4 heterocycles. The number of allylic oxidation sites excluding steroid dienone is 6. The Labute approximate surface area is 287 Å². The number of nitrogens with zero attached hydrogens (tertiary/aromatic N) is 2. The quantitative estimate of drug-likeness (QED) is 0.137. The third kappa shape index (κ3) is 7.30. The van der Waals surface area contributed by atoms with E-state index >= 15 is 0 Å². The van der Waals surface area contributed by atoms with Crippen molar-refractivity contribution >= 4 is 31.2 Å². The van der Waals surface area contributed by atoms with Crippen LogP contribution >= 0.6 is 0 Å². The summed E-state index contributed by atoms with van der Waals surface area (Å²) in [6.07, 6.45) is 10.9. The van der Waals surface area contributed by atoms with Crippen LogP contribution in [0.15, 0.2) is 159 Å². The Morgan fingerprint density at radius 2 is 1.16 bits per heavy atom. The molecule has 4 aromatic rings. The van der Waals surface area contributed by atoms with Crippen LogP contribution in [0.25, 0.3) is 16.9 Å². The Morgan fingerprint density at radius 3 is 1.59 bits per heavy atom. The minimum atomic E-state index is -4.00. The number of carbonyl (C=O) groups is 1. The third-order valence-electron chi connectivity index (χ3n) is 7.93. The molecule has 0 unspecified atom stereocenters. The van der Waals surface area contributed by atoms with Crippen molar-refractivity contribution in [1.29, 1.82) is 0 Å². The molecule has 250 valence electrons. The largest absolute Gasteiger partial charge is 0.871 e. The van der Waals surface area contributed by atoms with Crippen LogP contribution in [0.5, 0.6) is 0 Å². The monoisotopic (exact) mass is 693 g/mol. The Balaban J connectivity index is 0.000000205. The van der Waals surface area contributed by atoms with Gasteiger partial charge in [-0.1, -0.05) is 56.2 Å². The Bertz CT molecular complexity index is 2240. The van der Waals surface area contributed by atoms with Crippen molar-refractivity contribution < 1.29 is 35.9 Å². The van der Waals surface area contributed by atoms with E-state index in [9.17, 15) is 26.7 Å². The molecule has 6 rings (SSSR count). The number of pyridine rings is 2. The van der Waals surface area contributed by atoms with Gasteiger partial charge in [0, 0.05) is 29.8 Å². The van der Waals surface area contributed by atoms with Crippen molar-refractivity contribution in [1.82, 2.24) is 0 Å². The first kappa shape index (κ1) is 35.1. The van der Waals surface area contributed by atoms with E-state index in [4.69, 9.17) is 0 Å². The van der Waals surface area contributed by atoms with Crippen molar-refractivity contribution in [2.24, 2.45) is 0 Å². The minimum Gasteiger partial charge on any atom is -0.871 e. The van der Waals surface area contributed by atoms with Gasteiger partial charge in [0.15, 0.2) is 37.9 Å². The number of hydrogen-bond acceptors (Lipinski definition) is 6. The van der Waals surface area contributed by atoms with Crippen LogP contribution in [0, 0.1) is 0 Å². The zero-order chi connectivity index (χ0) is 35.5. The average molecular weight is 694 g/mol. The van der Waals surface area contributed by atoms with Gasteiger partial charge in [-0.3, -0.25) is 4.79 Å². The zero-order valence-electron chi connectivity index (χ0n) is 27.6. The van der Waals surface area contributed by atoms with Crippen LogP contribution in [0.3, 0.4) is 0 Å². The van der Waals surface area contributed by atoms with Gasteiger partial charge in [0.1, 0.15) is 4.91 Å². The van der Waals surface area contributed by atoms with Gasteiger partial charge in [0.05, 0.1) is 14.7 Å². The van der Waals surface area contributed by atoms with Crippen molar-refractivity contribution in [2.45, 2.75) is 50.1 Å². The number of rotatable bonds is 8. The van der Waals surface area contributed by atoms with Crippen molar-refractivity contribution in [2.75, 3.05) is 0 Å². The Morgan fingerprint density at radius 1 is 0.714 bits per heavy atom. The summed E-state index contributed by atoms with van der Waals surface area (Å²) in [4.78, 5) is 11.6. The van der Waals surface area contributed by atoms with E-state index in [1.807, 2.05) is 13.8 Å². The first-order valence-corrected chi connectivity index (χ1v) is 18.5. The lowest BCUT2D eigenvalue weighted by molar-refractivity contribution is -0.689. The number of fused-ring (bicyclic) bond motifs is 2. The van der Waals surface area contributed by atoms with E-state index in [0.717, 1.165) is 36.4 Å². The molecule has 2 aromatic heterocycles. The fourth-order valence-corrected chi connectivity index (χ4v) is 8.74. The molecular formula is C39H37N2O6S2+. The van der Waals surface area contributed by atoms with E-state index in [1.54, 1.807) is 19.1 Å². The molecule has 0 atom stereocenters. The lowest BCUT2D eigenvalue weighted by Crippen LogP contribution is -2.33. The highest BCUT2D eigenvalue weighted by Crippen LogP contribution is 2.39. The molecule has 0 aliphatic carbocycles. The lowest BCUT2D eigenvalue weighted by atomic mass is 10.1. The van der Waals surface area contributed by atoms with Gasteiger partial charge in [0.2, 0.25) is 25.5 Å². The topological polar surface area (TPSA) is 116 Å². The summed E-state index contributed by atoms with van der Waals surface area (Å²) in [7, 11) is -8.01. The normalized spacial score (nSPS) is 16.5. The van der Waals surface area contributed by atoms with Crippen molar-refractivity contribution in [3.8, 4) is 11.1 Å². The molecule has 2 aliphatic rings. The van der Waals surface area contributed by atoms with Crippen LogP contribution in [-0.2, 0) is 32.8 Å². The predicted molar refractivity (Wildman–Crippen MR) is 187 cm³/mol. The molecule has 0 amide bonds. The summed E-state index contributed by atoms with van der Waals surface area (Å²) >= 11 is 0. The fraction of sp³-hybridized carbons (Fsp3) is 0.154. The number of hydrogen-bond donors (Lipinski definition) is 0. The number of aromatic nitrogens is 2. The highest BCUT2D eigenvalue weighted by atomic mass is 32.2. The second kappa shape index (κ2) is 14.1. The van der Waals surface area contributed by atoms with Crippen molar-refractivity contribution in [3.05, 3.63) is 161 Å². The fourth-order valence-electron chi connectivity index (χ4n) is 5.53. The highest BCUT2D eigenvalue weighted by Gasteiger charge is 2.39. The smallest absolute Gasteiger partial charge is 0.211 e. The van der Waals surface area contributed by atoms with E-state index in [1.165, 1.54) is 47.5 Å². The van der Waals surface area contributed by atoms with E-state index < -0.39 is 41.0 Å². The van der Waals surface area contributed by atoms with E-state index in [-0.39, 0.29) is 32.9 Å². The first-order valence-electron chi connectivity index (χ1n) is 15.6. The molecule has 0 saturated carbocycles. The number of benzene rings is 2. The van der Waals surface area contributed by atoms with Gasteiger partial charge in [-0.2, -0.15) is 0 Å². The maximum absolute atomic E-state index is 12.7. The lowest BCUT2D eigenvalue weighted by Gasteiger charge is -2.09. The number of Topliss-reactive ketones (excluding diaryl/α,β-unsaturated/α-hetero) is 1. The van der Waals surface area contributed by atoms with Gasteiger partial charge in [-0.25, -0.2) is 26.0 Å². The Hall–Kier alpha value is -5.19. The molecule has 10 heteroatoms. The summed E-state index contributed by atoms with van der Waals surface area (Å²) < 4.78 is 55.3. The molecule has 0 N–H and O–H groups in total. The minimum absolute atomic E-state index is 0.0728. The van der Waals surface area contributed by atoms with E-state index in [2.05, 4.69) is 71.3 Å². The molecule has 0 bridgehead atoms. The molecule has 0 spiro atoms. The highest BCUT2D eigenvalue weighted by molar-refractivity contribution is 7.97. The van der Waals surface area contributed by atoms with Gasteiger partial charge in [-0.15, -0.1) is 0 Å². The standard InChI is InChI=1S/C21H16O6S2.C18H22N2/c1-2-13(11-18-20(22)14-7-3-5-9-16(14)28(18,24)25)12-19-21(23)15-8-4-6-10-17(15)29(19,26)27;1-15(2)13-19-9-5-17(6-10-19)18-7-11-20(12-8-18)14-16(3)4/h3-12,22H,2H2,1H3;5-12H,1,3,13-14H2,2,4H3/q;+2/p-1. The first-order chi connectivity index (χ1) is 23.2.